The Morgan fingerprint density at radius 1 is 1.06 bits per heavy atom. The molecule has 0 radical (unpaired) electrons. The second-order valence-electron chi connectivity index (χ2n) is 7.57. The molecule has 0 saturated carbocycles. The Labute approximate surface area is 185 Å². The SMILES string of the molecule is CCOc1ccc2ccccc2c1C(=O)Nc1ccc2c(c1)CCN2C(=O)c1ccco1. The van der Waals surface area contributed by atoms with Crippen molar-refractivity contribution < 1.29 is 18.7 Å². The Balaban J connectivity index is 1.43. The fourth-order valence-corrected chi connectivity index (χ4v) is 4.18. The molecular formula is C26H22N2O4. The Hall–Kier alpha value is -4.06. The van der Waals surface area contributed by atoms with Gasteiger partial charge in [0, 0.05) is 17.9 Å². The number of rotatable bonds is 5. The minimum atomic E-state index is -0.230. The summed E-state index contributed by atoms with van der Waals surface area (Å²) in [4.78, 5) is 27.7. The summed E-state index contributed by atoms with van der Waals surface area (Å²) in [6.07, 6.45) is 2.20. The second-order valence-corrected chi connectivity index (χ2v) is 7.57. The molecule has 6 heteroatoms. The van der Waals surface area contributed by atoms with Crippen LogP contribution in [0.1, 0.15) is 33.4 Å². The van der Waals surface area contributed by atoms with Gasteiger partial charge in [0.2, 0.25) is 0 Å². The lowest BCUT2D eigenvalue weighted by Gasteiger charge is -2.17. The maximum atomic E-state index is 13.3. The van der Waals surface area contributed by atoms with Crippen LogP contribution in [0.5, 0.6) is 5.75 Å². The van der Waals surface area contributed by atoms with Gasteiger partial charge in [-0.1, -0.05) is 30.3 Å². The van der Waals surface area contributed by atoms with E-state index in [1.807, 2.05) is 61.5 Å². The minimum Gasteiger partial charge on any atom is -0.493 e. The van der Waals surface area contributed by atoms with Crippen LogP contribution < -0.4 is 15.0 Å². The number of ether oxygens (including phenoxy) is 1. The van der Waals surface area contributed by atoms with Gasteiger partial charge in [0.1, 0.15) is 5.75 Å². The largest absolute Gasteiger partial charge is 0.493 e. The van der Waals surface area contributed by atoms with E-state index in [-0.39, 0.29) is 11.8 Å². The molecule has 1 aliphatic heterocycles. The van der Waals surface area contributed by atoms with E-state index in [2.05, 4.69) is 5.32 Å². The Kier molecular flexibility index (Phi) is 5.11. The zero-order chi connectivity index (χ0) is 22.1. The smallest absolute Gasteiger partial charge is 0.293 e. The van der Waals surface area contributed by atoms with E-state index in [0.29, 0.717) is 42.3 Å². The van der Waals surface area contributed by atoms with Crippen LogP contribution in [-0.4, -0.2) is 25.0 Å². The van der Waals surface area contributed by atoms with Crippen molar-refractivity contribution in [3.63, 3.8) is 0 Å². The molecular weight excluding hydrogens is 404 g/mol. The Bertz CT molecular complexity index is 1310. The van der Waals surface area contributed by atoms with Crippen LogP contribution in [0, 0.1) is 0 Å². The monoisotopic (exact) mass is 426 g/mol. The molecule has 0 saturated heterocycles. The molecule has 0 aliphatic carbocycles. The van der Waals surface area contributed by atoms with Crippen molar-refractivity contribution in [1.29, 1.82) is 0 Å². The number of carbonyl (C=O) groups is 2. The highest BCUT2D eigenvalue weighted by molar-refractivity contribution is 6.15. The van der Waals surface area contributed by atoms with Crippen LogP contribution in [0.25, 0.3) is 10.8 Å². The molecule has 6 nitrogen and oxygen atoms in total. The van der Waals surface area contributed by atoms with Crippen LogP contribution >= 0.6 is 0 Å². The number of nitrogens with one attached hydrogen (secondary N) is 1. The van der Waals surface area contributed by atoms with Crippen LogP contribution in [0.15, 0.2) is 77.4 Å². The molecule has 0 atom stereocenters. The fraction of sp³-hybridized carbons (Fsp3) is 0.154. The maximum absolute atomic E-state index is 13.3. The van der Waals surface area contributed by atoms with Crippen molar-refractivity contribution in [3.8, 4) is 5.75 Å². The lowest BCUT2D eigenvalue weighted by Crippen LogP contribution is -2.28. The summed E-state index contributed by atoms with van der Waals surface area (Å²) < 4.78 is 11.0. The molecule has 0 unspecified atom stereocenters. The number of benzene rings is 3. The number of hydrogen-bond donors (Lipinski definition) is 1. The van der Waals surface area contributed by atoms with Gasteiger partial charge in [0.05, 0.1) is 18.4 Å². The molecule has 3 aromatic carbocycles. The van der Waals surface area contributed by atoms with Crippen molar-refractivity contribution in [2.45, 2.75) is 13.3 Å². The van der Waals surface area contributed by atoms with E-state index in [1.165, 1.54) is 6.26 Å². The van der Waals surface area contributed by atoms with Gasteiger partial charge in [-0.3, -0.25) is 9.59 Å². The van der Waals surface area contributed by atoms with Gasteiger partial charge >= 0.3 is 0 Å². The quantitative estimate of drug-likeness (QED) is 0.471. The van der Waals surface area contributed by atoms with Crippen LogP contribution in [0.3, 0.4) is 0 Å². The highest BCUT2D eigenvalue weighted by Crippen LogP contribution is 2.33. The van der Waals surface area contributed by atoms with Crippen LogP contribution in [-0.2, 0) is 6.42 Å². The molecule has 1 aromatic heterocycles. The van der Waals surface area contributed by atoms with E-state index < -0.39 is 0 Å². The highest BCUT2D eigenvalue weighted by Gasteiger charge is 2.27. The first-order chi connectivity index (χ1) is 15.7. The standard InChI is InChI=1S/C26H22N2O4/c1-2-31-22-12-9-17-6-3-4-7-20(17)24(22)25(29)27-19-10-11-21-18(16-19)13-14-28(21)26(30)23-8-5-15-32-23/h3-12,15-16H,2,13-14H2,1H3,(H,27,29). The highest BCUT2D eigenvalue weighted by atomic mass is 16.5. The van der Waals surface area contributed by atoms with E-state index in [4.69, 9.17) is 9.15 Å². The summed E-state index contributed by atoms with van der Waals surface area (Å²) >= 11 is 0. The molecule has 0 fully saturated rings. The normalized spacial score (nSPS) is 12.6. The van der Waals surface area contributed by atoms with Crippen LogP contribution in [0.4, 0.5) is 11.4 Å². The van der Waals surface area contributed by atoms with E-state index in [1.54, 1.807) is 17.0 Å². The molecule has 2 amide bonds. The number of carbonyl (C=O) groups excluding carboxylic acids is 2. The van der Waals surface area contributed by atoms with Crippen LogP contribution in [0.2, 0.25) is 0 Å². The van der Waals surface area contributed by atoms with Crippen molar-refractivity contribution in [1.82, 2.24) is 0 Å². The summed E-state index contributed by atoms with van der Waals surface area (Å²) in [5.41, 5.74) is 3.03. The summed E-state index contributed by atoms with van der Waals surface area (Å²) in [7, 11) is 0. The average molecular weight is 426 g/mol. The fourth-order valence-electron chi connectivity index (χ4n) is 4.18. The maximum Gasteiger partial charge on any atom is 0.293 e. The number of nitrogens with zero attached hydrogens (tertiary/aromatic N) is 1. The first kappa shape index (κ1) is 19.9. The lowest BCUT2D eigenvalue weighted by atomic mass is 10.0. The van der Waals surface area contributed by atoms with Crippen molar-refractivity contribution in [3.05, 3.63) is 89.9 Å². The predicted molar refractivity (Wildman–Crippen MR) is 124 cm³/mol. The number of anilines is 2. The topological polar surface area (TPSA) is 71.8 Å². The molecule has 1 aliphatic rings. The molecule has 1 N–H and O–H groups in total. The zero-order valence-corrected chi connectivity index (χ0v) is 17.6. The van der Waals surface area contributed by atoms with E-state index >= 15 is 0 Å². The molecule has 5 rings (SSSR count). The summed E-state index contributed by atoms with van der Waals surface area (Å²) in [6, 6.07) is 20.5. The van der Waals surface area contributed by atoms with Gasteiger partial charge in [-0.2, -0.15) is 0 Å². The zero-order valence-electron chi connectivity index (χ0n) is 17.6. The average Bonchev–Trinajstić information content (AvgIpc) is 3.49. The second kappa shape index (κ2) is 8.23. The minimum absolute atomic E-state index is 0.164. The van der Waals surface area contributed by atoms with E-state index in [0.717, 1.165) is 22.0 Å². The first-order valence-electron chi connectivity index (χ1n) is 10.6. The molecule has 160 valence electrons. The predicted octanol–water partition coefficient (Wildman–Crippen LogP) is 5.29. The molecule has 0 spiro atoms. The third kappa shape index (κ3) is 3.50. The lowest BCUT2D eigenvalue weighted by molar-refractivity contribution is 0.0961. The molecule has 2 heterocycles. The third-order valence-corrected chi connectivity index (χ3v) is 5.63. The Morgan fingerprint density at radius 3 is 2.75 bits per heavy atom. The molecule has 32 heavy (non-hydrogen) atoms. The van der Waals surface area contributed by atoms with Gasteiger partial charge in [0.15, 0.2) is 5.76 Å². The van der Waals surface area contributed by atoms with E-state index in [9.17, 15) is 9.59 Å². The van der Waals surface area contributed by atoms with Gasteiger partial charge < -0.3 is 19.4 Å². The van der Waals surface area contributed by atoms with Gasteiger partial charge in [-0.05, 0) is 66.1 Å². The summed E-state index contributed by atoms with van der Waals surface area (Å²) in [6.45, 7) is 2.94. The number of amides is 2. The molecule has 0 bridgehead atoms. The van der Waals surface area contributed by atoms with Gasteiger partial charge in [-0.15, -0.1) is 0 Å². The van der Waals surface area contributed by atoms with Crippen molar-refractivity contribution in [2.75, 3.05) is 23.4 Å². The third-order valence-electron chi connectivity index (χ3n) is 5.63. The number of furan rings is 1. The Morgan fingerprint density at radius 2 is 1.94 bits per heavy atom. The van der Waals surface area contributed by atoms with Gasteiger partial charge in [0.25, 0.3) is 11.8 Å². The first-order valence-corrected chi connectivity index (χ1v) is 10.6. The number of hydrogen-bond acceptors (Lipinski definition) is 4. The molecule has 4 aromatic rings. The number of fused-ring (bicyclic) bond motifs is 2. The van der Waals surface area contributed by atoms with Crippen molar-refractivity contribution in [2.24, 2.45) is 0 Å². The summed E-state index contributed by atoms with van der Waals surface area (Å²) in [5.74, 6) is 0.476. The van der Waals surface area contributed by atoms with Crippen molar-refractivity contribution >= 4 is 34.0 Å². The van der Waals surface area contributed by atoms with Gasteiger partial charge in [-0.25, -0.2) is 0 Å². The summed E-state index contributed by atoms with van der Waals surface area (Å²) in [5, 5.41) is 4.82.